The zero-order chi connectivity index (χ0) is 12.2. The van der Waals surface area contributed by atoms with Crippen LogP contribution in [0.2, 0.25) is 0 Å². The third-order valence-corrected chi connectivity index (χ3v) is 1.99. The third kappa shape index (κ3) is 3.31. The molecule has 16 heavy (non-hydrogen) atoms. The second kappa shape index (κ2) is 4.70. The topological polar surface area (TPSA) is 66.7 Å². The number of carbonyl (C=O) groups is 2. The molecule has 0 radical (unpaired) electrons. The Morgan fingerprint density at radius 2 is 1.88 bits per heavy atom. The Kier molecular flexibility index (Phi) is 3.55. The molecule has 1 aromatic rings. The maximum absolute atomic E-state index is 10.6. The van der Waals surface area contributed by atoms with Crippen molar-refractivity contribution in [3.63, 3.8) is 0 Å². The summed E-state index contributed by atoms with van der Waals surface area (Å²) in [5.74, 6) is -0.961. The standard InChI is InChI=1S/C12H13NO3/c1-12(2,8-14)13-7-9-3-5-10(6-4-9)11(15)16/h3-8H,1-2H3,(H,15,16)/b13-7-. The number of aromatic carboxylic acids is 1. The van der Waals surface area contributed by atoms with Crippen LogP contribution in [0.1, 0.15) is 29.8 Å². The fraction of sp³-hybridized carbons (Fsp3) is 0.250. The monoisotopic (exact) mass is 219 g/mol. The highest BCUT2D eigenvalue weighted by atomic mass is 16.4. The Morgan fingerprint density at radius 3 is 2.31 bits per heavy atom. The molecule has 0 saturated heterocycles. The fourth-order valence-electron chi connectivity index (χ4n) is 0.983. The molecule has 0 aliphatic carbocycles. The minimum absolute atomic E-state index is 0.229. The summed E-state index contributed by atoms with van der Waals surface area (Å²) >= 11 is 0. The minimum Gasteiger partial charge on any atom is -0.478 e. The Morgan fingerprint density at radius 1 is 1.31 bits per heavy atom. The lowest BCUT2D eigenvalue weighted by atomic mass is 10.1. The average Bonchev–Trinajstić information content (AvgIpc) is 2.27. The predicted octanol–water partition coefficient (Wildman–Crippen LogP) is 1.78. The Balaban J connectivity index is 2.84. The van der Waals surface area contributed by atoms with Crippen LogP contribution in [0.4, 0.5) is 0 Å². The van der Waals surface area contributed by atoms with Crippen molar-refractivity contribution in [3.05, 3.63) is 35.4 Å². The van der Waals surface area contributed by atoms with Crippen molar-refractivity contribution in [2.24, 2.45) is 4.99 Å². The number of nitrogens with zero attached hydrogens (tertiary/aromatic N) is 1. The molecule has 0 amide bonds. The number of rotatable bonds is 4. The Bertz CT molecular complexity index is 418. The molecule has 0 aliphatic heterocycles. The summed E-state index contributed by atoms with van der Waals surface area (Å²) < 4.78 is 0. The second-order valence-electron chi connectivity index (χ2n) is 3.96. The molecule has 0 aliphatic rings. The van der Waals surface area contributed by atoms with E-state index in [0.29, 0.717) is 0 Å². The van der Waals surface area contributed by atoms with Gasteiger partial charge in [0.15, 0.2) is 0 Å². The van der Waals surface area contributed by atoms with Crippen LogP contribution < -0.4 is 0 Å². The molecular weight excluding hydrogens is 206 g/mol. The van der Waals surface area contributed by atoms with Gasteiger partial charge in [-0.15, -0.1) is 0 Å². The van der Waals surface area contributed by atoms with Crippen molar-refractivity contribution >= 4 is 18.5 Å². The maximum Gasteiger partial charge on any atom is 0.335 e. The van der Waals surface area contributed by atoms with Crippen molar-refractivity contribution in [1.29, 1.82) is 0 Å². The van der Waals surface area contributed by atoms with E-state index in [1.54, 1.807) is 32.2 Å². The van der Waals surface area contributed by atoms with Crippen LogP contribution in [0.3, 0.4) is 0 Å². The zero-order valence-corrected chi connectivity index (χ0v) is 9.18. The molecule has 0 bridgehead atoms. The molecule has 0 heterocycles. The summed E-state index contributed by atoms with van der Waals surface area (Å²) in [4.78, 5) is 25.3. The molecule has 0 aromatic heterocycles. The van der Waals surface area contributed by atoms with Crippen LogP contribution >= 0.6 is 0 Å². The second-order valence-corrected chi connectivity index (χ2v) is 3.96. The molecule has 4 heteroatoms. The van der Waals surface area contributed by atoms with Crippen LogP contribution in [0.15, 0.2) is 29.3 Å². The number of benzene rings is 1. The van der Waals surface area contributed by atoms with E-state index in [1.807, 2.05) is 0 Å². The first-order valence-corrected chi connectivity index (χ1v) is 4.79. The summed E-state index contributed by atoms with van der Waals surface area (Å²) in [6.45, 7) is 3.39. The molecule has 1 rings (SSSR count). The van der Waals surface area contributed by atoms with E-state index in [9.17, 15) is 9.59 Å². The summed E-state index contributed by atoms with van der Waals surface area (Å²) in [7, 11) is 0. The quantitative estimate of drug-likeness (QED) is 0.620. The average molecular weight is 219 g/mol. The summed E-state index contributed by atoms with van der Waals surface area (Å²) in [5, 5.41) is 8.69. The number of hydrogen-bond donors (Lipinski definition) is 1. The zero-order valence-electron chi connectivity index (χ0n) is 9.18. The Labute approximate surface area is 93.6 Å². The molecule has 1 aromatic carbocycles. The summed E-state index contributed by atoms with van der Waals surface area (Å²) in [6, 6.07) is 6.29. The van der Waals surface area contributed by atoms with Crippen molar-refractivity contribution in [3.8, 4) is 0 Å². The van der Waals surface area contributed by atoms with E-state index in [1.165, 1.54) is 12.1 Å². The van der Waals surface area contributed by atoms with Gasteiger partial charge in [-0.25, -0.2) is 4.79 Å². The van der Waals surface area contributed by atoms with Gasteiger partial charge in [-0.05, 0) is 31.5 Å². The van der Waals surface area contributed by atoms with Crippen LogP contribution in [0.25, 0.3) is 0 Å². The molecule has 0 spiro atoms. The number of carboxylic acids is 1. The van der Waals surface area contributed by atoms with E-state index in [-0.39, 0.29) is 5.56 Å². The summed E-state index contributed by atoms with van der Waals surface area (Å²) in [6.07, 6.45) is 2.31. The highest BCUT2D eigenvalue weighted by Gasteiger charge is 2.12. The van der Waals surface area contributed by atoms with Gasteiger partial charge in [0.1, 0.15) is 11.8 Å². The van der Waals surface area contributed by atoms with E-state index >= 15 is 0 Å². The fourth-order valence-corrected chi connectivity index (χ4v) is 0.983. The highest BCUT2D eigenvalue weighted by Crippen LogP contribution is 2.06. The molecule has 0 saturated carbocycles. The largest absolute Gasteiger partial charge is 0.478 e. The first kappa shape index (κ1) is 12.1. The number of aliphatic imine (C=N–C) groups is 1. The molecule has 4 nitrogen and oxygen atoms in total. The molecule has 0 atom stereocenters. The highest BCUT2D eigenvalue weighted by molar-refractivity contribution is 5.89. The number of carboxylic acid groups (broad SMARTS) is 1. The van der Waals surface area contributed by atoms with Gasteiger partial charge in [0.2, 0.25) is 0 Å². The molecule has 84 valence electrons. The van der Waals surface area contributed by atoms with Crippen LogP contribution in [-0.4, -0.2) is 29.1 Å². The molecule has 0 fully saturated rings. The van der Waals surface area contributed by atoms with Gasteiger partial charge >= 0.3 is 5.97 Å². The lowest BCUT2D eigenvalue weighted by Gasteiger charge is -2.08. The number of carbonyl (C=O) groups excluding carboxylic acids is 1. The predicted molar refractivity (Wildman–Crippen MR) is 61.1 cm³/mol. The smallest absolute Gasteiger partial charge is 0.335 e. The number of hydrogen-bond acceptors (Lipinski definition) is 3. The van der Waals surface area contributed by atoms with E-state index < -0.39 is 11.5 Å². The van der Waals surface area contributed by atoms with Crippen molar-refractivity contribution in [2.75, 3.05) is 0 Å². The first-order chi connectivity index (χ1) is 7.44. The lowest BCUT2D eigenvalue weighted by molar-refractivity contribution is -0.111. The SMILES string of the molecule is CC(C)(C=O)/N=C\c1ccc(C(=O)O)cc1. The van der Waals surface area contributed by atoms with Crippen molar-refractivity contribution in [2.45, 2.75) is 19.4 Å². The van der Waals surface area contributed by atoms with Crippen molar-refractivity contribution in [1.82, 2.24) is 0 Å². The minimum atomic E-state index is -0.961. The molecule has 1 N–H and O–H groups in total. The van der Waals surface area contributed by atoms with Crippen LogP contribution in [0, 0.1) is 0 Å². The van der Waals surface area contributed by atoms with Gasteiger partial charge in [0, 0.05) is 6.21 Å². The van der Waals surface area contributed by atoms with Gasteiger partial charge in [-0.2, -0.15) is 0 Å². The molecule has 0 unspecified atom stereocenters. The lowest BCUT2D eigenvalue weighted by Crippen LogP contribution is -2.18. The van der Waals surface area contributed by atoms with Crippen LogP contribution in [0.5, 0.6) is 0 Å². The van der Waals surface area contributed by atoms with Crippen molar-refractivity contribution < 1.29 is 14.7 Å². The third-order valence-electron chi connectivity index (χ3n) is 1.99. The number of aldehydes is 1. The van der Waals surface area contributed by atoms with Gasteiger partial charge in [0.05, 0.1) is 5.56 Å². The molecular formula is C12H13NO3. The van der Waals surface area contributed by atoms with E-state index in [0.717, 1.165) is 11.8 Å². The van der Waals surface area contributed by atoms with Gasteiger partial charge < -0.3 is 9.90 Å². The van der Waals surface area contributed by atoms with E-state index in [2.05, 4.69) is 4.99 Å². The van der Waals surface area contributed by atoms with Crippen LogP contribution in [-0.2, 0) is 4.79 Å². The summed E-state index contributed by atoms with van der Waals surface area (Å²) in [5.41, 5.74) is 0.248. The van der Waals surface area contributed by atoms with Gasteiger partial charge in [-0.1, -0.05) is 12.1 Å². The van der Waals surface area contributed by atoms with Gasteiger partial charge in [-0.3, -0.25) is 4.99 Å². The van der Waals surface area contributed by atoms with E-state index in [4.69, 9.17) is 5.11 Å². The van der Waals surface area contributed by atoms with Gasteiger partial charge in [0.25, 0.3) is 0 Å². The maximum atomic E-state index is 10.6. The first-order valence-electron chi connectivity index (χ1n) is 4.79. The Hall–Kier alpha value is -1.97. The normalized spacial score (nSPS) is 11.6.